The Kier molecular flexibility index (Phi) is 26.6. The van der Waals surface area contributed by atoms with E-state index >= 15 is 0 Å². The van der Waals surface area contributed by atoms with Crippen molar-refractivity contribution < 1.29 is 23.8 Å². The van der Waals surface area contributed by atoms with E-state index in [-0.39, 0.29) is 24.1 Å². The summed E-state index contributed by atoms with van der Waals surface area (Å²) in [6, 6.07) is 0. The summed E-state index contributed by atoms with van der Waals surface area (Å²) in [5.74, 6) is 0.373. The van der Waals surface area contributed by atoms with Gasteiger partial charge in [-0.15, -0.1) is 0 Å². The predicted octanol–water partition coefficient (Wildman–Crippen LogP) is 12.4. The quantitative estimate of drug-likeness (QED) is 0.0512. The normalized spacial score (nSPS) is 16.0. The SMILES string of the molecule is CCCCCCCCCC(CCCCCCCCOC(=O)CC(CCCC)CCCCCC)OC(=O)C(C)(C)C(C)(C)OC1CCN(C)CC1. The Balaban J connectivity index is 2.46. The second kappa shape index (κ2) is 28.4. The Morgan fingerprint density at radius 1 is 0.640 bits per heavy atom. The lowest BCUT2D eigenvalue weighted by Gasteiger charge is -2.43. The standard InChI is InChI=1S/C44H85NO5/c1-9-12-15-17-18-21-25-30-39(49-42(47)43(4,5)44(6,7)50-40-32-34-45(8)35-33-40)31-26-22-19-20-23-27-36-48-41(46)37-38(28-14-11-3)29-24-16-13-10-2/h38-40H,9-37H2,1-8H3. The van der Waals surface area contributed by atoms with Gasteiger partial charge in [0.2, 0.25) is 0 Å². The van der Waals surface area contributed by atoms with Crippen LogP contribution in [0.3, 0.4) is 0 Å². The molecule has 6 heteroatoms. The second-order valence-electron chi connectivity index (χ2n) is 16.9. The molecule has 1 fully saturated rings. The van der Waals surface area contributed by atoms with Crippen LogP contribution in [0.2, 0.25) is 0 Å². The molecule has 0 spiro atoms. The zero-order valence-corrected chi connectivity index (χ0v) is 34.7. The number of piperidine rings is 1. The van der Waals surface area contributed by atoms with Gasteiger partial charge >= 0.3 is 11.9 Å². The molecule has 296 valence electrons. The third-order valence-electron chi connectivity index (χ3n) is 11.6. The van der Waals surface area contributed by atoms with Crippen molar-refractivity contribution in [3.8, 4) is 0 Å². The summed E-state index contributed by atoms with van der Waals surface area (Å²) in [5.41, 5.74) is -1.34. The van der Waals surface area contributed by atoms with Crippen LogP contribution in [-0.2, 0) is 23.8 Å². The van der Waals surface area contributed by atoms with Gasteiger partial charge in [-0.3, -0.25) is 9.59 Å². The summed E-state index contributed by atoms with van der Waals surface area (Å²) < 4.78 is 18.6. The van der Waals surface area contributed by atoms with Gasteiger partial charge in [-0.25, -0.2) is 0 Å². The molecule has 0 aromatic heterocycles. The molecule has 1 rings (SSSR count). The zero-order valence-electron chi connectivity index (χ0n) is 34.7. The molecule has 0 bridgehead atoms. The molecule has 0 aromatic rings. The van der Waals surface area contributed by atoms with E-state index in [9.17, 15) is 9.59 Å². The first kappa shape index (κ1) is 46.9. The maximum absolute atomic E-state index is 13.7. The van der Waals surface area contributed by atoms with Gasteiger partial charge in [-0.1, -0.05) is 124 Å². The highest BCUT2D eigenvalue weighted by atomic mass is 16.6. The Morgan fingerprint density at radius 3 is 1.66 bits per heavy atom. The molecule has 1 heterocycles. The van der Waals surface area contributed by atoms with Gasteiger partial charge in [0.05, 0.1) is 23.7 Å². The Morgan fingerprint density at radius 2 is 1.10 bits per heavy atom. The summed E-state index contributed by atoms with van der Waals surface area (Å²) >= 11 is 0. The third kappa shape index (κ3) is 21.4. The number of hydrogen-bond acceptors (Lipinski definition) is 6. The molecular weight excluding hydrogens is 622 g/mol. The average Bonchev–Trinajstić information content (AvgIpc) is 3.08. The summed E-state index contributed by atoms with van der Waals surface area (Å²) in [5, 5.41) is 0. The minimum Gasteiger partial charge on any atom is -0.466 e. The van der Waals surface area contributed by atoms with Gasteiger partial charge in [0.1, 0.15) is 6.10 Å². The fourth-order valence-electron chi connectivity index (χ4n) is 7.17. The molecule has 1 aliphatic heterocycles. The van der Waals surface area contributed by atoms with Crippen molar-refractivity contribution in [1.82, 2.24) is 4.90 Å². The van der Waals surface area contributed by atoms with Gasteiger partial charge in [0, 0.05) is 19.5 Å². The first-order valence-electron chi connectivity index (χ1n) is 21.7. The number of ether oxygens (including phenoxy) is 3. The van der Waals surface area contributed by atoms with Crippen LogP contribution in [0.1, 0.15) is 215 Å². The molecule has 2 atom stereocenters. The van der Waals surface area contributed by atoms with E-state index in [1.807, 2.05) is 13.8 Å². The molecule has 0 amide bonds. The van der Waals surface area contributed by atoms with E-state index in [0.29, 0.717) is 18.9 Å². The van der Waals surface area contributed by atoms with Crippen molar-refractivity contribution in [2.24, 2.45) is 11.3 Å². The third-order valence-corrected chi connectivity index (χ3v) is 11.6. The summed E-state index contributed by atoms with van der Waals surface area (Å²) in [7, 11) is 2.16. The molecule has 0 N–H and O–H groups in total. The van der Waals surface area contributed by atoms with Gasteiger partial charge in [0.25, 0.3) is 0 Å². The van der Waals surface area contributed by atoms with Gasteiger partial charge in [-0.05, 0) is 98.4 Å². The lowest BCUT2D eigenvalue weighted by molar-refractivity contribution is -0.191. The van der Waals surface area contributed by atoms with Crippen LogP contribution in [0.5, 0.6) is 0 Å². The molecule has 0 saturated carbocycles. The topological polar surface area (TPSA) is 65.1 Å². The van der Waals surface area contributed by atoms with E-state index in [0.717, 1.165) is 90.1 Å². The molecule has 0 aliphatic carbocycles. The van der Waals surface area contributed by atoms with E-state index < -0.39 is 11.0 Å². The minimum atomic E-state index is -0.733. The maximum atomic E-state index is 13.7. The van der Waals surface area contributed by atoms with Crippen LogP contribution in [0.4, 0.5) is 0 Å². The van der Waals surface area contributed by atoms with Crippen LogP contribution in [0.15, 0.2) is 0 Å². The molecule has 0 radical (unpaired) electrons. The van der Waals surface area contributed by atoms with E-state index in [4.69, 9.17) is 14.2 Å². The van der Waals surface area contributed by atoms with Crippen LogP contribution >= 0.6 is 0 Å². The van der Waals surface area contributed by atoms with Crippen molar-refractivity contribution in [3.63, 3.8) is 0 Å². The lowest BCUT2D eigenvalue weighted by atomic mass is 9.76. The summed E-state index contributed by atoms with van der Waals surface area (Å²) in [6.45, 7) is 17.5. The van der Waals surface area contributed by atoms with Crippen LogP contribution < -0.4 is 0 Å². The van der Waals surface area contributed by atoms with Crippen molar-refractivity contribution >= 4 is 11.9 Å². The van der Waals surface area contributed by atoms with Crippen LogP contribution in [0.25, 0.3) is 0 Å². The smallest absolute Gasteiger partial charge is 0.314 e. The number of carbonyl (C=O) groups is 2. The number of hydrogen-bond donors (Lipinski definition) is 0. The maximum Gasteiger partial charge on any atom is 0.314 e. The zero-order chi connectivity index (χ0) is 37.1. The van der Waals surface area contributed by atoms with Crippen molar-refractivity contribution in [3.05, 3.63) is 0 Å². The summed E-state index contributed by atoms with van der Waals surface area (Å²) in [4.78, 5) is 28.6. The number of rotatable bonds is 32. The predicted molar refractivity (Wildman–Crippen MR) is 212 cm³/mol. The van der Waals surface area contributed by atoms with E-state index in [1.54, 1.807) is 0 Å². The number of carbonyl (C=O) groups excluding carboxylic acids is 2. The fraction of sp³-hybridized carbons (Fsp3) is 0.955. The number of nitrogens with zero attached hydrogens (tertiary/aromatic N) is 1. The Hall–Kier alpha value is -1.14. The van der Waals surface area contributed by atoms with Crippen molar-refractivity contribution in [1.29, 1.82) is 0 Å². The molecule has 1 saturated heterocycles. The monoisotopic (exact) mass is 708 g/mol. The van der Waals surface area contributed by atoms with E-state index in [2.05, 4.69) is 46.6 Å². The highest BCUT2D eigenvalue weighted by Gasteiger charge is 2.47. The lowest BCUT2D eigenvalue weighted by Crippen LogP contribution is -2.51. The summed E-state index contributed by atoms with van der Waals surface area (Å²) in [6.07, 6.45) is 29.9. The minimum absolute atomic E-state index is 0.00286. The number of unbranched alkanes of at least 4 members (excludes halogenated alkanes) is 15. The average molecular weight is 708 g/mol. The highest BCUT2D eigenvalue weighted by molar-refractivity contribution is 5.77. The first-order chi connectivity index (χ1) is 24.0. The van der Waals surface area contributed by atoms with Crippen LogP contribution in [0, 0.1) is 11.3 Å². The Labute approximate surface area is 311 Å². The van der Waals surface area contributed by atoms with E-state index in [1.165, 1.54) is 83.5 Å². The van der Waals surface area contributed by atoms with Crippen LogP contribution in [-0.4, -0.2) is 61.4 Å². The first-order valence-corrected chi connectivity index (χ1v) is 21.7. The Bertz CT molecular complexity index is 834. The molecule has 0 aromatic carbocycles. The van der Waals surface area contributed by atoms with Crippen molar-refractivity contribution in [2.75, 3.05) is 26.7 Å². The largest absolute Gasteiger partial charge is 0.466 e. The molecule has 1 aliphatic rings. The highest BCUT2D eigenvalue weighted by Crippen LogP contribution is 2.38. The van der Waals surface area contributed by atoms with Gasteiger partial charge < -0.3 is 19.1 Å². The number of likely N-dealkylation sites (tertiary alicyclic amines) is 1. The molecule has 2 unspecified atom stereocenters. The second-order valence-corrected chi connectivity index (χ2v) is 16.9. The van der Waals surface area contributed by atoms with Crippen molar-refractivity contribution in [2.45, 2.75) is 233 Å². The fourth-order valence-corrected chi connectivity index (χ4v) is 7.17. The number of esters is 2. The molecule has 50 heavy (non-hydrogen) atoms. The molecular formula is C44H85NO5. The van der Waals surface area contributed by atoms with Gasteiger partial charge in [0.15, 0.2) is 0 Å². The molecule has 6 nitrogen and oxygen atoms in total. The van der Waals surface area contributed by atoms with Gasteiger partial charge in [-0.2, -0.15) is 0 Å².